The van der Waals surface area contributed by atoms with Crippen molar-refractivity contribution < 1.29 is 4.79 Å². The van der Waals surface area contributed by atoms with E-state index in [4.69, 9.17) is 5.10 Å². The summed E-state index contributed by atoms with van der Waals surface area (Å²) in [6.45, 7) is 7.70. The number of piperidine rings is 1. The highest BCUT2D eigenvalue weighted by molar-refractivity contribution is 5.79. The molecule has 0 saturated carbocycles. The molecule has 4 heterocycles. The third-order valence-corrected chi connectivity index (χ3v) is 5.43. The molecule has 3 aromatic rings. The minimum Gasteiger partial charge on any atom is -0.354 e. The van der Waals surface area contributed by atoms with Crippen LogP contribution in [0, 0.1) is 6.92 Å². The minimum absolute atomic E-state index is 0.0266. The van der Waals surface area contributed by atoms with E-state index in [0.717, 1.165) is 60.6 Å². The molecular formula is C20H27N7O. The number of amides is 1. The Morgan fingerprint density at radius 3 is 3.07 bits per heavy atom. The number of nitrogens with zero attached hydrogens (tertiary/aromatic N) is 5. The lowest BCUT2D eigenvalue weighted by Crippen LogP contribution is -2.34. The number of pyridine rings is 1. The van der Waals surface area contributed by atoms with Crippen LogP contribution in [0.2, 0.25) is 0 Å². The van der Waals surface area contributed by atoms with Crippen LogP contribution in [0.25, 0.3) is 11.0 Å². The number of imidazole rings is 1. The second-order valence-electron chi connectivity index (χ2n) is 7.51. The number of aromatic nitrogens is 5. The lowest BCUT2D eigenvalue weighted by molar-refractivity contribution is -0.118. The molecule has 3 aromatic heterocycles. The summed E-state index contributed by atoms with van der Waals surface area (Å²) in [5.74, 6) is 0.350. The van der Waals surface area contributed by atoms with Gasteiger partial charge in [-0.05, 0) is 38.4 Å². The van der Waals surface area contributed by atoms with Gasteiger partial charge in [0.05, 0.1) is 24.3 Å². The van der Waals surface area contributed by atoms with Crippen LogP contribution in [0.15, 0.2) is 24.7 Å². The molecule has 8 nitrogen and oxygen atoms in total. The fourth-order valence-corrected chi connectivity index (χ4v) is 4.01. The van der Waals surface area contributed by atoms with E-state index in [1.165, 1.54) is 6.92 Å². The van der Waals surface area contributed by atoms with Crippen LogP contribution in [0.3, 0.4) is 0 Å². The standard InChI is InChI=1S/C20H27N7O/c1-14-18(24-13-23-14)12-26-9-4-5-16(11-26)19-17-6-3-7-22-20(17)27(25-19)10-8-21-15(2)28/h3,6-7,13,16H,4-5,8-12H2,1-2H3,(H,21,28)(H,23,24). The first-order valence-corrected chi connectivity index (χ1v) is 9.89. The number of hydrogen-bond acceptors (Lipinski definition) is 5. The predicted octanol–water partition coefficient (Wildman–Crippen LogP) is 1.98. The third kappa shape index (κ3) is 3.91. The van der Waals surface area contributed by atoms with Gasteiger partial charge in [0.2, 0.25) is 5.91 Å². The van der Waals surface area contributed by atoms with Crippen molar-refractivity contribution in [2.45, 2.75) is 45.7 Å². The van der Waals surface area contributed by atoms with Gasteiger partial charge in [0, 0.05) is 49.8 Å². The second kappa shape index (κ2) is 8.10. The molecule has 8 heteroatoms. The van der Waals surface area contributed by atoms with E-state index in [1.54, 1.807) is 12.5 Å². The number of fused-ring (bicyclic) bond motifs is 1. The average Bonchev–Trinajstić information content (AvgIpc) is 3.26. The number of aromatic amines is 1. The molecule has 1 aliphatic rings. The van der Waals surface area contributed by atoms with Crippen molar-refractivity contribution in [3.8, 4) is 0 Å². The fraction of sp³-hybridized carbons (Fsp3) is 0.500. The maximum atomic E-state index is 11.2. The quantitative estimate of drug-likeness (QED) is 0.681. The SMILES string of the molecule is CC(=O)NCCn1nc(C2CCCN(Cc3nc[nH]c3C)C2)c2cccnc21. The summed E-state index contributed by atoms with van der Waals surface area (Å²) < 4.78 is 1.93. The molecule has 0 bridgehead atoms. The van der Waals surface area contributed by atoms with Crippen molar-refractivity contribution in [3.63, 3.8) is 0 Å². The Balaban J connectivity index is 1.54. The lowest BCUT2D eigenvalue weighted by Gasteiger charge is -2.31. The van der Waals surface area contributed by atoms with Crippen molar-refractivity contribution in [2.75, 3.05) is 19.6 Å². The molecular weight excluding hydrogens is 354 g/mol. The monoisotopic (exact) mass is 381 g/mol. The van der Waals surface area contributed by atoms with E-state index in [1.807, 2.05) is 10.7 Å². The molecule has 1 unspecified atom stereocenters. The molecule has 1 atom stereocenters. The molecule has 2 N–H and O–H groups in total. The number of aryl methyl sites for hydroxylation is 1. The van der Waals surface area contributed by atoms with Crippen molar-refractivity contribution in [1.82, 2.24) is 34.9 Å². The number of rotatable bonds is 6. The summed E-state index contributed by atoms with van der Waals surface area (Å²) in [5, 5.41) is 8.87. The largest absolute Gasteiger partial charge is 0.354 e. The predicted molar refractivity (Wildman–Crippen MR) is 107 cm³/mol. The Labute approximate surface area is 164 Å². The van der Waals surface area contributed by atoms with Crippen molar-refractivity contribution in [2.24, 2.45) is 0 Å². The summed E-state index contributed by atoms with van der Waals surface area (Å²) in [7, 11) is 0. The van der Waals surface area contributed by atoms with E-state index in [2.05, 4.69) is 38.2 Å². The van der Waals surface area contributed by atoms with E-state index in [9.17, 15) is 4.79 Å². The van der Waals surface area contributed by atoms with Gasteiger partial charge in [-0.2, -0.15) is 5.10 Å². The van der Waals surface area contributed by atoms with Gasteiger partial charge < -0.3 is 10.3 Å². The first-order chi connectivity index (χ1) is 13.6. The first kappa shape index (κ1) is 18.6. The zero-order valence-corrected chi connectivity index (χ0v) is 16.5. The second-order valence-corrected chi connectivity index (χ2v) is 7.51. The Hall–Kier alpha value is -2.74. The van der Waals surface area contributed by atoms with Crippen LogP contribution in [-0.2, 0) is 17.9 Å². The Kier molecular flexibility index (Phi) is 5.38. The van der Waals surface area contributed by atoms with Crippen molar-refractivity contribution >= 4 is 16.9 Å². The van der Waals surface area contributed by atoms with Gasteiger partial charge >= 0.3 is 0 Å². The molecule has 1 saturated heterocycles. The summed E-state index contributed by atoms with van der Waals surface area (Å²) in [5.41, 5.74) is 4.27. The summed E-state index contributed by atoms with van der Waals surface area (Å²) in [6, 6.07) is 4.08. The van der Waals surface area contributed by atoms with Crippen LogP contribution in [0.5, 0.6) is 0 Å². The highest BCUT2D eigenvalue weighted by Gasteiger charge is 2.26. The van der Waals surface area contributed by atoms with Gasteiger partial charge in [0.1, 0.15) is 0 Å². The van der Waals surface area contributed by atoms with Gasteiger partial charge in [0.25, 0.3) is 0 Å². The third-order valence-electron chi connectivity index (χ3n) is 5.43. The molecule has 0 aromatic carbocycles. The number of carbonyl (C=O) groups excluding carboxylic acids is 1. The summed E-state index contributed by atoms with van der Waals surface area (Å²) >= 11 is 0. The average molecular weight is 381 g/mol. The van der Waals surface area contributed by atoms with E-state index in [0.29, 0.717) is 19.0 Å². The summed E-state index contributed by atoms with van der Waals surface area (Å²) in [4.78, 5) is 25.8. The maximum Gasteiger partial charge on any atom is 0.216 e. The number of hydrogen-bond donors (Lipinski definition) is 2. The molecule has 1 amide bonds. The topological polar surface area (TPSA) is 91.7 Å². The van der Waals surface area contributed by atoms with E-state index < -0.39 is 0 Å². The molecule has 0 aliphatic carbocycles. The van der Waals surface area contributed by atoms with E-state index >= 15 is 0 Å². The number of likely N-dealkylation sites (tertiary alicyclic amines) is 1. The van der Waals surface area contributed by atoms with Gasteiger partial charge in [-0.3, -0.25) is 9.69 Å². The molecule has 0 radical (unpaired) electrons. The van der Waals surface area contributed by atoms with Crippen LogP contribution < -0.4 is 5.32 Å². The summed E-state index contributed by atoms with van der Waals surface area (Å²) in [6.07, 6.45) is 5.84. The Morgan fingerprint density at radius 2 is 2.29 bits per heavy atom. The van der Waals surface area contributed by atoms with Crippen molar-refractivity contribution in [3.05, 3.63) is 41.7 Å². The number of carbonyl (C=O) groups is 1. The van der Waals surface area contributed by atoms with Crippen LogP contribution >= 0.6 is 0 Å². The molecule has 28 heavy (non-hydrogen) atoms. The van der Waals surface area contributed by atoms with Crippen LogP contribution in [0.4, 0.5) is 0 Å². The highest BCUT2D eigenvalue weighted by Crippen LogP contribution is 2.31. The van der Waals surface area contributed by atoms with Gasteiger partial charge in [-0.25, -0.2) is 14.6 Å². The number of H-pyrrole nitrogens is 1. The van der Waals surface area contributed by atoms with Crippen molar-refractivity contribution in [1.29, 1.82) is 0 Å². The zero-order valence-electron chi connectivity index (χ0n) is 16.5. The lowest BCUT2D eigenvalue weighted by atomic mass is 9.93. The normalized spacial score (nSPS) is 17.9. The first-order valence-electron chi connectivity index (χ1n) is 9.89. The fourth-order valence-electron chi connectivity index (χ4n) is 4.01. The van der Waals surface area contributed by atoms with E-state index in [-0.39, 0.29) is 5.91 Å². The molecule has 148 valence electrons. The smallest absolute Gasteiger partial charge is 0.216 e. The minimum atomic E-state index is -0.0266. The molecule has 4 rings (SSSR count). The zero-order chi connectivity index (χ0) is 19.5. The van der Waals surface area contributed by atoms with Gasteiger partial charge in [-0.15, -0.1) is 0 Å². The van der Waals surface area contributed by atoms with Crippen LogP contribution in [0.1, 0.15) is 42.8 Å². The molecule has 1 fully saturated rings. The molecule has 0 spiro atoms. The Bertz CT molecular complexity index is 961. The highest BCUT2D eigenvalue weighted by atomic mass is 16.1. The maximum absolute atomic E-state index is 11.2. The Morgan fingerprint density at radius 1 is 1.39 bits per heavy atom. The van der Waals surface area contributed by atoms with Crippen LogP contribution in [-0.4, -0.2) is 55.2 Å². The molecule has 1 aliphatic heterocycles. The van der Waals surface area contributed by atoms with Gasteiger partial charge in [-0.1, -0.05) is 0 Å². The van der Waals surface area contributed by atoms with Gasteiger partial charge in [0.15, 0.2) is 5.65 Å². The number of nitrogens with one attached hydrogen (secondary N) is 2.